The molecule has 0 unspecified atom stereocenters. The van der Waals surface area contributed by atoms with Crippen LogP contribution in [0.5, 0.6) is 0 Å². The van der Waals surface area contributed by atoms with Crippen molar-refractivity contribution in [1.29, 1.82) is 0 Å². The average Bonchev–Trinajstić information content (AvgIpc) is 2.22. The monoisotopic (exact) mass is 213 g/mol. The molecule has 1 aliphatic rings. The van der Waals surface area contributed by atoms with Crippen LogP contribution in [0.3, 0.4) is 0 Å². The zero-order valence-corrected chi connectivity index (χ0v) is 10.1. The molecule has 1 heterocycles. The lowest BCUT2D eigenvalue weighted by Gasteiger charge is -2.21. The first kappa shape index (κ1) is 13.0. The third-order valence-corrected chi connectivity index (χ3v) is 3.36. The van der Waals surface area contributed by atoms with Crippen LogP contribution in [-0.2, 0) is 0 Å². The smallest absolute Gasteiger partial charge is 0.0558 e. The number of aliphatic hydroxyl groups excluding tert-OH is 1. The molecule has 0 aliphatic carbocycles. The van der Waals surface area contributed by atoms with Crippen molar-refractivity contribution in [2.45, 2.75) is 57.8 Å². The van der Waals surface area contributed by atoms with E-state index in [1.165, 1.54) is 70.9 Å². The predicted molar refractivity (Wildman–Crippen MR) is 65.1 cm³/mol. The summed E-state index contributed by atoms with van der Waals surface area (Å²) in [5.41, 5.74) is 0. The van der Waals surface area contributed by atoms with Gasteiger partial charge in [0.15, 0.2) is 0 Å². The van der Waals surface area contributed by atoms with Crippen LogP contribution in [0.15, 0.2) is 0 Å². The van der Waals surface area contributed by atoms with E-state index in [0.717, 1.165) is 6.54 Å². The molecule has 0 saturated carbocycles. The molecule has 15 heavy (non-hydrogen) atoms. The van der Waals surface area contributed by atoms with E-state index in [0.29, 0.717) is 6.61 Å². The molecule has 0 spiro atoms. The number of nitrogens with zero attached hydrogens (tertiary/aromatic N) is 1. The second kappa shape index (κ2) is 9.17. The summed E-state index contributed by atoms with van der Waals surface area (Å²) >= 11 is 0. The van der Waals surface area contributed by atoms with Gasteiger partial charge in [-0.05, 0) is 25.9 Å². The fourth-order valence-electron chi connectivity index (χ4n) is 2.39. The van der Waals surface area contributed by atoms with Gasteiger partial charge < -0.3 is 10.0 Å². The summed E-state index contributed by atoms with van der Waals surface area (Å²) in [6, 6.07) is 0. The summed E-state index contributed by atoms with van der Waals surface area (Å²) in [7, 11) is 0. The molecule has 1 saturated heterocycles. The van der Waals surface area contributed by atoms with Gasteiger partial charge in [0.2, 0.25) is 0 Å². The van der Waals surface area contributed by atoms with E-state index < -0.39 is 0 Å². The molecule has 0 amide bonds. The largest absolute Gasteiger partial charge is 0.395 e. The third kappa shape index (κ3) is 6.91. The van der Waals surface area contributed by atoms with Crippen LogP contribution in [0.1, 0.15) is 57.8 Å². The summed E-state index contributed by atoms with van der Waals surface area (Å²) in [4.78, 5) is 2.43. The fourth-order valence-corrected chi connectivity index (χ4v) is 2.39. The third-order valence-electron chi connectivity index (χ3n) is 3.36. The normalized spacial score (nSPS) is 23.0. The Morgan fingerprint density at radius 2 is 1.07 bits per heavy atom. The lowest BCUT2D eigenvalue weighted by molar-refractivity contribution is 0.189. The Balaban J connectivity index is 2.19. The Kier molecular flexibility index (Phi) is 7.94. The molecule has 0 aromatic heterocycles. The first-order valence-corrected chi connectivity index (χ1v) is 6.76. The average molecular weight is 213 g/mol. The van der Waals surface area contributed by atoms with Crippen LogP contribution in [0.2, 0.25) is 0 Å². The lowest BCUT2D eigenvalue weighted by Crippen LogP contribution is -2.29. The lowest BCUT2D eigenvalue weighted by atomic mass is 10.1. The van der Waals surface area contributed by atoms with Gasteiger partial charge in [0.25, 0.3) is 0 Å². The van der Waals surface area contributed by atoms with Gasteiger partial charge >= 0.3 is 0 Å². The zero-order chi connectivity index (χ0) is 10.8. The first-order chi connectivity index (χ1) is 7.43. The van der Waals surface area contributed by atoms with Gasteiger partial charge in [-0.3, -0.25) is 0 Å². The van der Waals surface area contributed by atoms with Gasteiger partial charge in [-0.1, -0.05) is 44.9 Å². The van der Waals surface area contributed by atoms with Crippen molar-refractivity contribution in [3.05, 3.63) is 0 Å². The maximum absolute atomic E-state index is 8.97. The van der Waals surface area contributed by atoms with Crippen LogP contribution >= 0.6 is 0 Å². The SMILES string of the molecule is OCCN1CCCCCCCCCCC1. The first-order valence-electron chi connectivity index (χ1n) is 6.76. The fraction of sp³-hybridized carbons (Fsp3) is 1.00. The van der Waals surface area contributed by atoms with Crippen LogP contribution in [0.4, 0.5) is 0 Å². The molecule has 0 aromatic carbocycles. The minimum atomic E-state index is 0.319. The molecule has 90 valence electrons. The van der Waals surface area contributed by atoms with Crippen molar-refractivity contribution < 1.29 is 5.11 Å². The summed E-state index contributed by atoms with van der Waals surface area (Å²) in [6.07, 6.45) is 12.5. The summed E-state index contributed by atoms with van der Waals surface area (Å²) in [6.45, 7) is 3.58. The molecule has 0 aromatic rings. The summed E-state index contributed by atoms with van der Waals surface area (Å²) in [5, 5.41) is 8.97. The molecule has 2 heteroatoms. The molecule has 2 nitrogen and oxygen atoms in total. The van der Waals surface area contributed by atoms with Gasteiger partial charge in [-0.15, -0.1) is 0 Å². The van der Waals surface area contributed by atoms with Crippen LogP contribution in [-0.4, -0.2) is 36.2 Å². The van der Waals surface area contributed by atoms with Crippen molar-refractivity contribution >= 4 is 0 Å². The Bertz CT molecular complexity index is 126. The Morgan fingerprint density at radius 1 is 0.667 bits per heavy atom. The van der Waals surface area contributed by atoms with Crippen LogP contribution in [0.25, 0.3) is 0 Å². The van der Waals surface area contributed by atoms with Crippen molar-refractivity contribution in [1.82, 2.24) is 4.90 Å². The number of rotatable bonds is 2. The molecule has 0 bridgehead atoms. The van der Waals surface area contributed by atoms with Crippen molar-refractivity contribution in [2.24, 2.45) is 0 Å². The van der Waals surface area contributed by atoms with Crippen LogP contribution in [0, 0.1) is 0 Å². The van der Waals surface area contributed by atoms with Gasteiger partial charge in [0, 0.05) is 6.54 Å². The minimum absolute atomic E-state index is 0.319. The maximum atomic E-state index is 8.97. The molecule has 0 atom stereocenters. The Hall–Kier alpha value is -0.0800. The van der Waals surface area contributed by atoms with Crippen molar-refractivity contribution in [3.63, 3.8) is 0 Å². The predicted octanol–water partition coefficient (Wildman–Crippen LogP) is 2.81. The highest BCUT2D eigenvalue weighted by molar-refractivity contribution is 4.60. The Morgan fingerprint density at radius 3 is 1.47 bits per heavy atom. The zero-order valence-electron chi connectivity index (χ0n) is 10.1. The quantitative estimate of drug-likeness (QED) is 0.762. The topological polar surface area (TPSA) is 23.5 Å². The summed E-state index contributed by atoms with van der Waals surface area (Å²) < 4.78 is 0. The molecule has 1 rings (SSSR count). The Labute approximate surface area is 94.7 Å². The second-order valence-corrected chi connectivity index (χ2v) is 4.75. The molecule has 1 N–H and O–H groups in total. The van der Waals surface area contributed by atoms with E-state index >= 15 is 0 Å². The highest BCUT2D eigenvalue weighted by atomic mass is 16.3. The molecule has 1 aliphatic heterocycles. The van der Waals surface area contributed by atoms with Gasteiger partial charge in [-0.25, -0.2) is 0 Å². The minimum Gasteiger partial charge on any atom is -0.395 e. The summed E-state index contributed by atoms with van der Waals surface area (Å²) in [5.74, 6) is 0. The van der Waals surface area contributed by atoms with E-state index in [4.69, 9.17) is 5.11 Å². The highest BCUT2D eigenvalue weighted by Crippen LogP contribution is 2.12. The van der Waals surface area contributed by atoms with Crippen molar-refractivity contribution in [2.75, 3.05) is 26.2 Å². The molecule has 0 radical (unpaired) electrons. The highest BCUT2D eigenvalue weighted by Gasteiger charge is 2.04. The van der Waals surface area contributed by atoms with E-state index in [2.05, 4.69) is 4.90 Å². The van der Waals surface area contributed by atoms with Gasteiger partial charge in [0.1, 0.15) is 0 Å². The molecular weight excluding hydrogens is 186 g/mol. The van der Waals surface area contributed by atoms with E-state index in [-0.39, 0.29) is 0 Å². The van der Waals surface area contributed by atoms with Gasteiger partial charge in [0.05, 0.1) is 6.61 Å². The van der Waals surface area contributed by atoms with Crippen LogP contribution < -0.4 is 0 Å². The van der Waals surface area contributed by atoms with Gasteiger partial charge in [-0.2, -0.15) is 0 Å². The van der Waals surface area contributed by atoms with E-state index in [1.807, 2.05) is 0 Å². The maximum Gasteiger partial charge on any atom is 0.0558 e. The number of aliphatic hydroxyl groups is 1. The van der Waals surface area contributed by atoms with E-state index in [9.17, 15) is 0 Å². The molecular formula is C13H27NO. The number of β-amino-alcohol motifs (C(OH)–C–C–N with tert-alkyl or cyclic N) is 1. The van der Waals surface area contributed by atoms with E-state index in [1.54, 1.807) is 0 Å². The standard InChI is InChI=1S/C13H27NO/c15-13-12-14-10-8-6-4-2-1-3-5-7-9-11-14/h15H,1-13H2. The number of hydrogen-bond acceptors (Lipinski definition) is 2. The molecule has 1 fully saturated rings. The second-order valence-electron chi connectivity index (χ2n) is 4.75. The number of hydrogen-bond donors (Lipinski definition) is 1. The van der Waals surface area contributed by atoms with Crippen molar-refractivity contribution in [3.8, 4) is 0 Å².